The van der Waals surface area contributed by atoms with Crippen molar-refractivity contribution in [3.05, 3.63) is 0 Å². The molecule has 266 valence electrons. The summed E-state index contributed by atoms with van der Waals surface area (Å²) >= 11 is 0. The van der Waals surface area contributed by atoms with E-state index in [9.17, 15) is 33.9 Å². The van der Waals surface area contributed by atoms with Crippen LogP contribution in [0.5, 0.6) is 0 Å². The van der Waals surface area contributed by atoms with Crippen LogP contribution < -0.4 is 0 Å². The van der Waals surface area contributed by atoms with Crippen molar-refractivity contribution in [2.45, 2.75) is 130 Å². The molecule has 0 aromatic rings. The molecule has 0 aromatic carbocycles. The average molecular weight is 657 g/mol. The first kappa shape index (κ1) is 42.8. The predicted molar refractivity (Wildman–Crippen MR) is 174 cm³/mol. The first-order valence-corrected chi connectivity index (χ1v) is 17.1. The molecule has 0 spiro atoms. The molecular formula is C34H60N2O10. The Morgan fingerprint density at radius 2 is 0.935 bits per heavy atom. The van der Waals surface area contributed by atoms with Gasteiger partial charge in [-0.25, -0.2) is 0 Å². The summed E-state index contributed by atoms with van der Waals surface area (Å²) in [6.45, 7) is 7.72. The second kappa shape index (κ2) is 27.0. The highest BCUT2D eigenvalue weighted by Gasteiger charge is 2.25. The van der Waals surface area contributed by atoms with Crippen molar-refractivity contribution >= 4 is 35.7 Å². The van der Waals surface area contributed by atoms with E-state index in [2.05, 4.69) is 27.7 Å². The van der Waals surface area contributed by atoms with E-state index in [1.165, 1.54) is 30.6 Å². The molecule has 0 saturated carbocycles. The van der Waals surface area contributed by atoms with Crippen LogP contribution in [0.1, 0.15) is 130 Å². The van der Waals surface area contributed by atoms with Crippen molar-refractivity contribution < 1.29 is 48.5 Å². The molecule has 12 nitrogen and oxygen atoms in total. The minimum atomic E-state index is -1.37. The largest absolute Gasteiger partial charge is 0.481 e. The van der Waals surface area contributed by atoms with Gasteiger partial charge >= 0.3 is 23.9 Å². The van der Waals surface area contributed by atoms with Crippen LogP contribution in [0.2, 0.25) is 0 Å². The van der Waals surface area contributed by atoms with E-state index in [0.717, 1.165) is 56.3 Å². The van der Waals surface area contributed by atoms with Gasteiger partial charge in [-0.05, 0) is 24.7 Å². The zero-order valence-corrected chi connectivity index (χ0v) is 28.8. The Balaban J connectivity index is 4.94. The second-order valence-corrected chi connectivity index (χ2v) is 12.8. The van der Waals surface area contributed by atoms with Crippen molar-refractivity contribution in [1.29, 1.82) is 0 Å². The summed E-state index contributed by atoms with van der Waals surface area (Å²) in [4.78, 5) is 74.6. The van der Waals surface area contributed by atoms with Crippen LogP contribution >= 0.6 is 0 Å². The summed E-state index contributed by atoms with van der Waals surface area (Å²) in [7, 11) is 0. The van der Waals surface area contributed by atoms with E-state index >= 15 is 0 Å². The van der Waals surface area contributed by atoms with Gasteiger partial charge in [-0.3, -0.25) is 28.8 Å². The van der Waals surface area contributed by atoms with Crippen molar-refractivity contribution in [3.63, 3.8) is 0 Å². The predicted octanol–water partition coefficient (Wildman–Crippen LogP) is 5.45. The topological polar surface area (TPSA) is 168 Å². The van der Waals surface area contributed by atoms with Crippen LogP contribution in [0.15, 0.2) is 0 Å². The number of nitrogens with zero attached hydrogens (tertiary/aromatic N) is 2. The lowest BCUT2D eigenvalue weighted by Crippen LogP contribution is -2.46. The summed E-state index contributed by atoms with van der Waals surface area (Å²) in [5.41, 5.74) is 0. The van der Waals surface area contributed by atoms with Crippen molar-refractivity contribution in [2.24, 2.45) is 11.8 Å². The number of esters is 2. The lowest BCUT2D eigenvalue weighted by atomic mass is 10.0. The fourth-order valence-electron chi connectivity index (χ4n) is 4.73. The molecule has 0 aliphatic rings. The molecule has 0 rings (SSSR count). The highest BCUT2D eigenvalue weighted by molar-refractivity contribution is 5.89. The van der Waals surface area contributed by atoms with E-state index in [0.29, 0.717) is 11.8 Å². The average Bonchev–Trinajstić information content (AvgIpc) is 2.97. The van der Waals surface area contributed by atoms with Gasteiger partial charge in [-0.2, -0.15) is 0 Å². The van der Waals surface area contributed by atoms with E-state index in [4.69, 9.17) is 14.6 Å². The number of carboxylic acid groups (broad SMARTS) is 2. The second-order valence-electron chi connectivity index (χ2n) is 12.8. The molecule has 0 fully saturated rings. The molecule has 0 heterocycles. The minimum Gasteiger partial charge on any atom is -0.481 e. The smallest absolute Gasteiger partial charge is 0.323 e. The Morgan fingerprint density at radius 3 is 1.35 bits per heavy atom. The zero-order chi connectivity index (χ0) is 34.7. The van der Waals surface area contributed by atoms with Gasteiger partial charge < -0.3 is 29.5 Å². The Morgan fingerprint density at radius 1 is 0.500 bits per heavy atom. The zero-order valence-electron chi connectivity index (χ0n) is 28.8. The highest BCUT2D eigenvalue weighted by Crippen LogP contribution is 2.12. The SMILES string of the molecule is CC(C)CCCCCCCOC(=O)CCN(CCC(=O)OCCCCCCCC(C)C)C(=O)CN(CC(=O)O)C(=O)CCC(=O)O. The molecule has 46 heavy (non-hydrogen) atoms. The van der Waals surface area contributed by atoms with Gasteiger partial charge in [0.15, 0.2) is 0 Å². The molecule has 0 aliphatic carbocycles. The Hall–Kier alpha value is -3.18. The third-order valence-electron chi connectivity index (χ3n) is 7.46. The van der Waals surface area contributed by atoms with Gasteiger partial charge in [0, 0.05) is 19.5 Å². The maximum Gasteiger partial charge on any atom is 0.323 e. The van der Waals surface area contributed by atoms with Gasteiger partial charge in [0.1, 0.15) is 13.1 Å². The van der Waals surface area contributed by atoms with E-state index < -0.39 is 61.6 Å². The Kier molecular flexibility index (Phi) is 25.1. The first-order chi connectivity index (χ1) is 21.8. The fourth-order valence-corrected chi connectivity index (χ4v) is 4.73. The van der Waals surface area contributed by atoms with E-state index in [1.54, 1.807) is 0 Å². The molecule has 0 bridgehead atoms. The first-order valence-electron chi connectivity index (χ1n) is 17.1. The number of carbonyl (C=O) groups is 6. The molecule has 0 aliphatic heterocycles. The van der Waals surface area contributed by atoms with Gasteiger partial charge in [0.2, 0.25) is 11.8 Å². The number of amides is 2. The van der Waals surface area contributed by atoms with E-state index in [-0.39, 0.29) is 39.1 Å². The van der Waals surface area contributed by atoms with Crippen LogP contribution in [0.3, 0.4) is 0 Å². The molecule has 0 atom stereocenters. The molecule has 0 saturated heterocycles. The normalized spacial score (nSPS) is 11.0. The molecular weight excluding hydrogens is 596 g/mol. The van der Waals surface area contributed by atoms with Crippen molar-refractivity contribution in [3.8, 4) is 0 Å². The number of carboxylic acids is 2. The number of hydrogen-bond donors (Lipinski definition) is 2. The lowest BCUT2D eigenvalue weighted by molar-refractivity contribution is -0.149. The summed E-state index contributed by atoms with van der Waals surface area (Å²) in [5.74, 6) is -3.70. The van der Waals surface area contributed by atoms with Gasteiger partial charge in [-0.1, -0.05) is 91.9 Å². The highest BCUT2D eigenvalue weighted by atomic mass is 16.5. The van der Waals surface area contributed by atoms with Crippen molar-refractivity contribution in [1.82, 2.24) is 9.80 Å². The monoisotopic (exact) mass is 656 g/mol. The maximum absolute atomic E-state index is 13.2. The van der Waals surface area contributed by atoms with E-state index in [1.807, 2.05) is 0 Å². The molecule has 0 aromatic heterocycles. The summed E-state index contributed by atoms with van der Waals surface area (Å²) < 4.78 is 10.6. The van der Waals surface area contributed by atoms with Gasteiger partial charge in [-0.15, -0.1) is 0 Å². The number of unbranched alkanes of at least 4 members (excludes halogenated alkanes) is 8. The number of aliphatic carboxylic acids is 2. The van der Waals surface area contributed by atoms with Gasteiger partial charge in [0.05, 0.1) is 32.5 Å². The third kappa shape index (κ3) is 26.1. The standard InChI is InChI=1S/C34H60N2O10/c1-27(2)15-11-7-5-9-13-23-45-33(43)19-21-35(22-20-34(44)46-24-14-10-6-8-12-16-28(3)4)30(38)25-36(26-32(41)42)29(37)17-18-31(39)40/h27-28H,5-26H2,1-4H3,(H,39,40)(H,41,42). The van der Waals surface area contributed by atoms with Gasteiger partial charge in [0.25, 0.3) is 0 Å². The van der Waals surface area contributed by atoms with Crippen LogP contribution in [0.25, 0.3) is 0 Å². The molecule has 12 heteroatoms. The number of ether oxygens (including phenoxy) is 2. The molecule has 2 amide bonds. The lowest BCUT2D eigenvalue weighted by Gasteiger charge is -2.26. The van der Waals surface area contributed by atoms with Crippen molar-refractivity contribution in [2.75, 3.05) is 39.4 Å². The molecule has 0 radical (unpaired) electrons. The minimum absolute atomic E-state index is 0.0965. The molecule has 2 N–H and O–H groups in total. The number of hydrogen-bond acceptors (Lipinski definition) is 8. The maximum atomic E-state index is 13.2. The number of rotatable bonds is 29. The summed E-state index contributed by atoms with van der Waals surface area (Å²) in [6, 6.07) is 0. The summed E-state index contributed by atoms with van der Waals surface area (Å²) in [5, 5.41) is 18.1. The molecule has 0 unspecified atom stereocenters. The summed E-state index contributed by atoms with van der Waals surface area (Å²) in [6.07, 6.45) is 11.3. The van der Waals surface area contributed by atoms with Crippen LogP contribution in [0.4, 0.5) is 0 Å². The van der Waals surface area contributed by atoms with Crippen LogP contribution in [-0.2, 0) is 38.2 Å². The van der Waals surface area contributed by atoms with Crippen LogP contribution in [0, 0.1) is 11.8 Å². The Bertz CT molecular complexity index is 866. The third-order valence-corrected chi connectivity index (χ3v) is 7.46. The Labute approximate surface area is 275 Å². The van der Waals surface area contributed by atoms with Crippen LogP contribution in [-0.4, -0.2) is 95.1 Å². The fraction of sp³-hybridized carbons (Fsp3) is 0.824. The number of carbonyl (C=O) groups excluding carboxylic acids is 4. The quantitative estimate of drug-likeness (QED) is 0.0780.